The minimum absolute atomic E-state index is 0.160. The van der Waals surface area contributed by atoms with E-state index in [0.717, 1.165) is 31.3 Å². The Bertz CT molecular complexity index is 984. The van der Waals surface area contributed by atoms with Gasteiger partial charge in [-0.25, -0.2) is 9.37 Å². The molecule has 0 radical (unpaired) electrons. The first-order chi connectivity index (χ1) is 15.0. The van der Waals surface area contributed by atoms with Crippen LogP contribution in [0.15, 0.2) is 30.5 Å². The van der Waals surface area contributed by atoms with Crippen LogP contribution in [0.4, 0.5) is 15.9 Å². The molecule has 31 heavy (non-hydrogen) atoms. The second kappa shape index (κ2) is 8.11. The lowest BCUT2D eigenvalue weighted by Crippen LogP contribution is -2.49. The summed E-state index contributed by atoms with van der Waals surface area (Å²) in [7, 11) is 2.05. The van der Waals surface area contributed by atoms with E-state index in [1.165, 1.54) is 30.0 Å². The number of nitrogens with zero attached hydrogens (tertiary/aromatic N) is 5. The van der Waals surface area contributed by atoms with E-state index in [1.807, 2.05) is 19.3 Å². The molecule has 0 atom stereocenters. The van der Waals surface area contributed by atoms with Crippen LogP contribution in [0.5, 0.6) is 0 Å². The van der Waals surface area contributed by atoms with Gasteiger partial charge in [0, 0.05) is 51.2 Å². The summed E-state index contributed by atoms with van der Waals surface area (Å²) in [5.74, 6) is 1.04. The number of likely N-dealkylation sites (N-methyl/N-ethyl adjacent to an activating group) is 1. The van der Waals surface area contributed by atoms with Crippen molar-refractivity contribution in [2.45, 2.75) is 25.7 Å². The minimum atomic E-state index is -0.437. The molecule has 0 bridgehead atoms. The predicted molar refractivity (Wildman–Crippen MR) is 120 cm³/mol. The van der Waals surface area contributed by atoms with Crippen molar-refractivity contribution in [3.8, 4) is 0 Å². The Morgan fingerprint density at radius 3 is 2.39 bits per heavy atom. The van der Waals surface area contributed by atoms with Crippen molar-refractivity contribution in [2.24, 2.45) is 0 Å². The highest BCUT2D eigenvalue weighted by atomic mass is 19.1. The molecule has 1 aromatic carbocycles. The topological polar surface area (TPSA) is 42.9 Å². The molecular formula is C24H30FN5O. The van der Waals surface area contributed by atoms with Crippen molar-refractivity contribution in [1.29, 1.82) is 0 Å². The maximum Gasteiger partial charge on any atom is 0.256 e. The zero-order chi connectivity index (χ0) is 21.5. The maximum atomic E-state index is 14.8. The summed E-state index contributed by atoms with van der Waals surface area (Å²) >= 11 is 0. The van der Waals surface area contributed by atoms with Gasteiger partial charge in [0.2, 0.25) is 0 Å². The van der Waals surface area contributed by atoms with Crippen LogP contribution in [0.3, 0.4) is 0 Å². The number of pyridine rings is 1. The number of amides is 1. The van der Waals surface area contributed by atoms with Gasteiger partial charge >= 0.3 is 0 Å². The van der Waals surface area contributed by atoms with Gasteiger partial charge in [0.1, 0.15) is 11.6 Å². The third kappa shape index (κ3) is 4.11. The van der Waals surface area contributed by atoms with E-state index in [2.05, 4.69) is 27.7 Å². The van der Waals surface area contributed by atoms with Crippen LogP contribution in [0.1, 0.15) is 40.2 Å². The summed E-state index contributed by atoms with van der Waals surface area (Å²) in [6.07, 6.45) is 4.55. The fraction of sp³-hybridized carbons (Fsp3) is 0.500. The van der Waals surface area contributed by atoms with Gasteiger partial charge in [-0.2, -0.15) is 0 Å². The molecule has 3 fully saturated rings. The van der Waals surface area contributed by atoms with E-state index in [0.29, 0.717) is 32.1 Å². The van der Waals surface area contributed by atoms with Gasteiger partial charge < -0.3 is 14.7 Å². The number of anilines is 2. The highest BCUT2D eigenvalue weighted by Gasteiger charge is 2.28. The maximum absolute atomic E-state index is 14.8. The summed E-state index contributed by atoms with van der Waals surface area (Å²) in [6, 6.07) is 7.25. The standard InChI is InChI=1S/C24H30FN5O/c1-17-13-19(18-3-4-18)15-26-23(17)28-9-11-29(12-10-28)24(31)21-6-5-20(14-22(21)25)30-8-7-27(2)16-30/h5-6,13-15,18H,3-4,7-12,16H2,1-2H3. The molecule has 2 aliphatic heterocycles. The van der Waals surface area contributed by atoms with Crippen molar-refractivity contribution >= 4 is 17.4 Å². The van der Waals surface area contributed by atoms with E-state index in [-0.39, 0.29) is 11.5 Å². The van der Waals surface area contributed by atoms with Gasteiger partial charge in [-0.3, -0.25) is 9.69 Å². The molecule has 0 N–H and O–H groups in total. The largest absolute Gasteiger partial charge is 0.357 e. The normalized spacial score (nSPS) is 19.9. The summed E-state index contributed by atoms with van der Waals surface area (Å²) in [6.45, 7) is 7.30. The number of aromatic nitrogens is 1. The van der Waals surface area contributed by atoms with Crippen LogP contribution in [0.25, 0.3) is 0 Å². The second-order valence-corrected chi connectivity index (χ2v) is 9.11. The Hall–Kier alpha value is -2.67. The van der Waals surface area contributed by atoms with Gasteiger partial charge in [0.15, 0.2) is 0 Å². The molecule has 5 rings (SSSR count). The predicted octanol–water partition coefficient (Wildman–Crippen LogP) is 3.08. The average Bonchev–Trinajstić information content (AvgIpc) is 3.54. The number of hydrogen-bond acceptors (Lipinski definition) is 5. The number of hydrogen-bond donors (Lipinski definition) is 0. The van der Waals surface area contributed by atoms with Crippen LogP contribution in [0.2, 0.25) is 0 Å². The molecule has 1 amide bonds. The van der Waals surface area contributed by atoms with Crippen molar-refractivity contribution < 1.29 is 9.18 Å². The highest BCUT2D eigenvalue weighted by Crippen LogP contribution is 2.40. The Kier molecular flexibility index (Phi) is 5.30. The molecule has 1 saturated carbocycles. The lowest BCUT2D eigenvalue weighted by molar-refractivity contribution is 0.0742. The minimum Gasteiger partial charge on any atom is -0.357 e. The van der Waals surface area contributed by atoms with E-state index < -0.39 is 5.82 Å². The number of carbonyl (C=O) groups is 1. The average molecular weight is 424 g/mol. The highest BCUT2D eigenvalue weighted by molar-refractivity contribution is 5.95. The lowest BCUT2D eigenvalue weighted by atomic mass is 10.1. The molecule has 2 saturated heterocycles. The Morgan fingerprint density at radius 2 is 1.77 bits per heavy atom. The summed E-state index contributed by atoms with van der Waals surface area (Å²) in [5.41, 5.74) is 3.53. The Morgan fingerprint density at radius 1 is 1.03 bits per heavy atom. The fourth-order valence-corrected chi connectivity index (χ4v) is 4.66. The van der Waals surface area contributed by atoms with E-state index >= 15 is 0 Å². The van der Waals surface area contributed by atoms with Crippen LogP contribution in [0, 0.1) is 12.7 Å². The van der Waals surface area contributed by atoms with Crippen molar-refractivity contribution in [3.63, 3.8) is 0 Å². The van der Waals surface area contributed by atoms with Crippen LogP contribution in [-0.4, -0.2) is 73.7 Å². The van der Waals surface area contributed by atoms with Gasteiger partial charge in [-0.1, -0.05) is 6.07 Å². The first-order valence-electron chi connectivity index (χ1n) is 11.2. The molecule has 7 heteroatoms. The smallest absolute Gasteiger partial charge is 0.256 e. The van der Waals surface area contributed by atoms with Crippen molar-refractivity contribution in [2.75, 3.05) is 62.8 Å². The Labute approximate surface area is 183 Å². The van der Waals surface area contributed by atoms with E-state index in [9.17, 15) is 9.18 Å². The monoisotopic (exact) mass is 423 g/mol. The Balaban J connectivity index is 1.23. The van der Waals surface area contributed by atoms with Crippen molar-refractivity contribution in [1.82, 2.24) is 14.8 Å². The molecule has 0 unspecified atom stereocenters. The molecule has 6 nitrogen and oxygen atoms in total. The van der Waals surface area contributed by atoms with Gasteiger partial charge in [-0.05, 0) is 62.1 Å². The lowest BCUT2D eigenvalue weighted by Gasteiger charge is -2.36. The summed E-state index contributed by atoms with van der Waals surface area (Å²) in [4.78, 5) is 26.0. The molecule has 3 aliphatic rings. The zero-order valence-corrected chi connectivity index (χ0v) is 18.4. The van der Waals surface area contributed by atoms with Crippen LogP contribution in [-0.2, 0) is 0 Å². The molecular weight excluding hydrogens is 393 g/mol. The molecule has 1 aliphatic carbocycles. The molecule has 3 heterocycles. The number of aryl methyl sites for hydroxylation is 1. The number of benzene rings is 1. The summed E-state index contributed by atoms with van der Waals surface area (Å²) < 4.78 is 14.8. The van der Waals surface area contributed by atoms with Gasteiger partial charge in [0.25, 0.3) is 5.91 Å². The van der Waals surface area contributed by atoms with Crippen LogP contribution < -0.4 is 9.80 Å². The zero-order valence-electron chi connectivity index (χ0n) is 18.4. The fourth-order valence-electron chi connectivity index (χ4n) is 4.66. The van der Waals surface area contributed by atoms with Crippen LogP contribution >= 0.6 is 0 Å². The number of halogens is 1. The number of rotatable bonds is 4. The first-order valence-corrected chi connectivity index (χ1v) is 11.2. The third-order valence-electron chi connectivity index (χ3n) is 6.70. The number of piperazine rings is 1. The van der Waals surface area contributed by atoms with E-state index in [4.69, 9.17) is 4.98 Å². The molecule has 0 spiro atoms. The first kappa shape index (κ1) is 20.2. The number of carbonyl (C=O) groups excluding carboxylic acids is 1. The molecule has 2 aromatic rings. The molecule has 164 valence electrons. The van der Waals surface area contributed by atoms with Gasteiger partial charge in [-0.15, -0.1) is 0 Å². The van der Waals surface area contributed by atoms with E-state index in [1.54, 1.807) is 11.0 Å². The third-order valence-corrected chi connectivity index (χ3v) is 6.70. The summed E-state index contributed by atoms with van der Waals surface area (Å²) in [5, 5.41) is 0. The van der Waals surface area contributed by atoms with Crippen molar-refractivity contribution in [3.05, 3.63) is 53.0 Å². The van der Waals surface area contributed by atoms with Gasteiger partial charge in [0.05, 0.1) is 12.2 Å². The quantitative estimate of drug-likeness (QED) is 0.756. The molecule has 1 aromatic heterocycles. The SMILES string of the molecule is Cc1cc(C2CC2)cnc1N1CCN(C(=O)c2ccc(N3CCN(C)C3)cc2F)CC1. The second-order valence-electron chi connectivity index (χ2n) is 9.11.